The molecule has 6 nitrogen and oxygen atoms in total. The third-order valence-electron chi connectivity index (χ3n) is 1.69. The molecule has 1 aromatic rings. The second-order valence-electron chi connectivity index (χ2n) is 2.63. The quantitative estimate of drug-likeness (QED) is 0.644. The predicted molar refractivity (Wildman–Crippen MR) is 46.4 cm³/mol. The Balaban J connectivity index is 3.51. The van der Waals surface area contributed by atoms with Crippen molar-refractivity contribution >= 4 is 0 Å². The molecule has 14 heavy (non-hydrogen) atoms. The van der Waals surface area contributed by atoms with Gasteiger partial charge in [-0.15, -0.1) is 0 Å². The first-order chi connectivity index (χ1) is 6.60. The molecule has 0 spiro atoms. The molecule has 0 amide bonds. The van der Waals surface area contributed by atoms with Gasteiger partial charge in [0.15, 0.2) is 0 Å². The summed E-state index contributed by atoms with van der Waals surface area (Å²) in [5.74, 6) is 0. The van der Waals surface area contributed by atoms with Crippen LogP contribution in [0.4, 0.5) is 0 Å². The molecule has 1 rings (SSSR count). The van der Waals surface area contributed by atoms with Gasteiger partial charge in [-0.05, 0) is 6.92 Å². The van der Waals surface area contributed by atoms with Gasteiger partial charge in [0.25, 0.3) is 5.56 Å². The highest BCUT2D eigenvalue weighted by Crippen LogP contribution is 1.98. The number of aromatic amines is 1. The van der Waals surface area contributed by atoms with Crippen LogP contribution in [-0.4, -0.2) is 9.55 Å². The number of rotatable bonds is 1. The summed E-state index contributed by atoms with van der Waals surface area (Å²) in [5, 5.41) is 17.1. The standard InChI is InChI=1S/C8H6N4O2/c1-5(2-9)12-4-6(3-10)7(13)11-8(12)14/h4-5H,1H3,(H,11,13,14)/t5-/m0/s1. The molecule has 0 unspecified atom stereocenters. The van der Waals surface area contributed by atoms with E-state index in [-0.39, 0.29) is 5.56 Å². The van der Waals surface area contributed by atoms with Crippen LogP contribution in [0.1, 0.15) is 18.5 Å². The summed E-state index contributed by atoms with van der Waals surface area (Å²) >= 11 is 0. The van der Waals surface area contributed by atoms with E-state index >= 15 is 0 Å². The molecule has 1 atom stereocenters. The minimum atomic E-state index is -0.737. The van der Waals surface area contributed by atoms with E-state index in [1.807, 2.05) is 11.1 Å². The lowest BCUT2D eigenvalue weighted by Gasteiger charge is -2.05. The number of hydrogen-bond acceptors (Lipinski definition) is 4. The average molecular weight is 190 g/mol. The molecule has 0 saturated carbocycles. The van der Waals surface area contributed by atoms with E-state index in [1.165, 1.54) is 6.92 Å². The predicted octanol–water partition coefficient (Wildman–Crippen LogP) is -0.507. The zero-order chi connectivity index (χ0) is 10.7. The van der Waals surface area contributed by atoms with Gasteiger partial charge in [-0.2, -0.15) is 10.5 Å². The zero-order valence-electron chi connectivity index (χ0n) is 7.31. The Morgan fingerprint density at radius 2 is 2.14 bits per heavy atom. The van der Waals surface area contributed by atoms with E-state index < -0.39 is 17.3 Å². The maximum Gasteiger partial charge on any atom is 0.329 e. The van der Waals surface area contributed by atoms with Crippen molar-refractivity contribution in [2.24, 2.45) is 0 Å². The van der Waals surface area contributed by atoms with Crippen molar-refractivity contribution < 1.29 is 0 Å². The topological polar surface area (TPSA) is 102 Å². The molecule has 0 radical (unpaired) electrons. The van der Waals surface area contributed by atoms with E-state index in [0.717, 1.165) is 10.8 Å². The van der Waals surface area contributed by atoms with E-state index in [2.05, 4.69) is 0 Å². The monoisotopic (exact) mass is 190 g/mol. The van der Waals surface area contributed by atoms with Gasteiger partial charge in [0.1, 0.15) is 17.7 Å². The van der Waals surface area contributed by atoms with Crippen molar-refractivity contribution in [1.29, 1.82) is 10.5 Å². The number of aromatic nitrogens is 2. The lowest BCUT2D eigenvalue weighted by atomic mass is 10.3. The van der Waals surface area contributed by atoms with E-state index in [4.69, 9.17) is 10.5 Å². The number of H-pyrrole nitrogens is 1. The molecule has 0 saturated heterocycles. The van der Waals surface area contributed by atoms with Crippen molar-refractivity contribution in [3.8, 4) is 12.1 Å². The Kier molecular flexibility index (Phi) is 2.49. The molecular formula is C8H6N4O2. The molecular weight excluding hydrogens is 184 g/mol. The highest BCUT2D eigenvalue weighted by atomic mass is 16.2. The minimum absolute atomic E-state index is 0.188. The largest absolute Gasteiger partial charge is 0.329 e. The smallest absolute Gasteiger partial charge is 0.283 e. The average Bonchev–Trinajstić information content (AvgIpc) is 2.17. The van der Waals surface area contributed by atoms with Crippen LogP contribution in [0.25, 0.3) is 0 Å². The van der Waals surface area contributed by atoms with Crippen LogP contribution in [0.3, 0.4) is 0 Å². The lowest BCUT2D eigenvalue weighted by molar-refractivity contribution is 0.621. The Bertz CT molecular complexity index is 540. The molecule has 0 aliphatic rings. The number of nitrogens with one attached hydrogen (secondary N) is 1. The van der Waals surface area contributed by atoms with Crippen LogP contribution >= 0.6 is 0 Å². The molecule has 0 aliphatic heterocycles. The summed E-state index contributed by atoms with van der Waals surface area (Å²) in [4.78, 5) is 24.1. The first-order valence-corrected chi connectivity index (χ1v) is 3.75. The summed E-state index contributed by atoms with van der Waals surface area (Å²) in [5.41, 5.74) is -1.62. The van der Waals surface area contributed by atoms with Gasteiger partial charge in [-0.25, -0.2) is 4.79 Å². The van der Waals surface area contributed by atoms with Crippen LogP contribution in [-0.2, 0) is 0 Å². The van der Waals surface area contributed by atoms with Crippen molar-refractivity contribution in [3.05, 3.63) is 32.6 Å². The van der Waals surface area contributed by atoms with E-state index in [0.29, 0.717) is 0 Å². The van der Waals surface area contributed by atoms with Crippen molar-refractivity contribution in [3.63, 3.8) is 0 Å². The van der Waals surface area contributed by atoms with Crippen LogP contribution in [0.5, 0.6) is 0 Å². The van der Waals surface area contributed by atoms with Crippen LogP contribution in [0, 0.1) is 22.7 Å². The molecule has 0 fully saturated rings. The van der Waals surface area contributed by atoms with Crippen LogP contribution < -0.4 is 11.2 Å². The lowest BCUT2D eigenvalue weighted by Crippen LogP contribution is -2.32. The fourth-order valence-corrected chi connectivity index (χ4v) is 0.915. The van der Waals surface area contributed by atoms with Gasteiger partial charge in [0.05, 0.1) is 6.07 Å². The molecule has 0 aromatic carbocycles. The highest BCUT2D eigenvalue weighted by Gasteiger charge is 2.08. The van der Waals surface area contributed by atoms with E-state index in [1.54, 1.807) is 6.07 Å². The third kappa shape index (κ3) is 1.54. The number of hydrogen-bond donors (Lipinski definition) is 1. The van der Waals surface area contributed by atoms with Crippen molar-refractivity contribution in [2.45, 2.75) is 13.0 Å². The third-order valence-corrected chi connectivity index (χ3v) is 1.69. The second-order valence-corrected chi connectivity index (χ2v) is 2.63. The second kappa shape index (κ2) is 3.58. The summed E-state index contributed by atoms with van der Waals surface area (Å²) in [6.07, 6.45) is 1.08. The minimum Gasteiger partial charge on any atom is -0.283 e. The van der Waals surface area contributed by atoms with Crippen molar-refractivity contribution in [2.75, 3.05) is 0 Å². The SMILES string of the molecule is C[C@@H](C#N)n1cc(C#N)c(=O)[nH]c1=O. The molecule has 1 N–H and O–H groups in total. The first-order valence-electron chi connectivity index (χ1n) is 3.75. The first kappa shape index (κ1) is 9.75. The molecule has 6 heteroatoms. The van der Waals surface area contributed by atoms with Gasteiger partial charge in [0, 0.05) is 6.20 Å². The maximum absolute atomic E-state index is 11.2. The summed E-state index contributed by atoms with van der Waals surface area (Å²) in [6, 6.07) is 2.74. The Labute approximate surface area is 78.6 Å². The zero-order valence-corrected chi connectivity index (χ0v) is 7.31. The fraction of sp³-hybridized carbons (Fsp3) is 0.250. The van der Waals surface area contributed by atoms with Gasteiger partial charge in [0.2, 0.25) is 0 Å². The van der Waals surface area contributed by atoms with Gasteiger partial charge in [-0.1, -0.05) is 0 Å². The van der Waals surface area contributed by atoms with Gasteiger partial charge in [-0.3, -0.25) is 14.3 Å². The molecule has 0 bridgehead atoms. The Morgan fingerprint density at radius 3 is 2.64 bits per heavy atom. The maximum atomic E-state index is 11.2. The molecule has 1 heterocycles. The summed E-state index contributed by atoms with van der Waals surface area (Å²) in [7, 11) is 0. The molecule has 70 valence electrons. The Hall–Kier alpha value is -2.34. The van der Waals surface area contributed by atoms with Crippen LogP contribution in [0.15, 0.2) is 15.8 Å². The normalized spacial score (nSPS) is 11.4. The van der Waals surface area contributed by atoms with E-state index in [9.17, 15) is 9.59 Å². The summed E-state index contributed by atoms with van der Waals surface area (Å²) < 4.78 is 1.000. The van der Waals surface area contributed by atoms with Gasteiger partial charge < -0.3 is 0 Å². The summed E-state index contributed by atoms with van der Waals surface area (Å²) in [6.45, 7) is 1.49. The Morgan fingerprint density at radius 1 is 1.50 bits per heavy atom. The van der Waals surface area contributed by atoms with Crippen LogP contribution in [0.2, 0.25) is 0 Å². The highest BCUT2D eigenvalue weighted by molar-refractivity contribution is 5.22. The number of nitrogens with zero attached hydrogens (tertiary/aromatic N) is 3. The fourth-order valence-electron chi connectivity index (χ4n) is 0.915. The molecule has 0 aliphatic carbocycles. The van der Waals surface area contributed by atoms with Crippen molar-refractivity contribution in [1.82, 2.24) is 9.55 Å². The molecule has 1 aromatic heterocycles. The van der Waals surface area contributed by atoms with Gasteiger partial charge >= 0.3 is 5.69 Å². The number of nitriles is 2.